The van der Waals surface area contributed by atoms with Gasteiger partial charge in [0.05, 0.1) is 6.20 Å². The van der Waals surface area contributed by atoms with Crippen molar-refractivity contribution in [3.8, 4) is 11.4 Å². The van der Waals surface area contributed by atoms with Gasteiger partial charge in [-0.15, -0.1) is 0 Å². The molecule has 3 aromatic heterocycles. The molecule has 11 heteroatoms. The van der Waals surface area contributed by atoms with Crippen LogP contribution < -0.4 is 5.32 Å². The Balaban J connectivity index is 1.23. The SMILES string of the molecule is C[Si](C)(C)CCOCn1ccc2nc(-c3nccnc3N[C@H]3CCCN(C(=O)OCc4ccccc4)C3)cnc21. The van der Waals surface area contributed by atoms with Crippen LogP contribution in [0.2, 0.25) is 25.7 Å². The van der Waals surface area contributed by atoms with Crippen molar-refractivity contribution in [2.45, 2.75) is 57.9 Å². The van der Waals surface area contributed by atoms with E-state index in [4.69, 9.17) is 14.5 Å². The molecule has 0 saturated carbocycles. The van der Waals surface area contributed by atoms with Gasteiger partial charge in [0.25, 0.3) is 0 Å². The van der Waals surface area contributed by atoms with Crippen molar-refractivity contribution < 1.29 is 14.3 Å². The summed E-state index contributed by atoms with van der Waals surface area (Å²) in [6, 6.07) is 12.8. The van der Waals surface area contributed by atoms with Crippen molar-refractivity contribution in [2.24, 2.45) is 0 Å². The van der Waals surface area contributed by atoms with E-state index in [-0.39, 0.29) is 18.7 Å². The second kappa shape index (κ2) is 12.6. The van der Waals surface area contributed by atoms with Crippen LogP contribution in [0.3, 0.4) is 0 Å². The van der Waals surface area contributed by atoms with E-state index < -0.39 is 8.07 Å². The average Bonchev–Trinajstić information content (AvgIpc) is 3.37. The molecular weight excluding hydrogens is 522 g/mol. The number of ether oxygens (including phenoxy) is 2. The quantitative estimate of drug-likeness (QED) is 0.203. The van der Waals surface area contributed by atoms with E-state index in [1.165, 1.54) is 0 Å². The number of nitrogens with zero attached hydrogens (tertiary/aromatic N) is 6. The number of benzene rings is 1. The summed E-state index contributed by atoms with van der Waals surface area (Å²) in [4.78, 5) is 33.1. The first kappa shape index (κ1) is 27.7. The first-order valence-electron chi connectivity index (χ1n) is 13.8. The number of carbonyl (C=O) groups excluding carboxylic acids is 1. The fourth-order valence-electron chi connectivity index (χ4n) is 4.62. The number of hydrogen-bond acceptors (Lipinski definition) is 8. The van der Waals surface area contributed by atoms with Crippen LogP contribution in [0.5, 0.6) is 0 Å². The standard InChI is InChI=1S/C29H37N7O3Si/c1-40(2,3)17-16-38-21-36-15-11-24-28(36)32-18-25(34-24)26-27(31-13-12-30-26)33-23-10-7-14-35(19-23)29(37)39-20-22-8-5-4-6-9-22/h4-6,8-9,11-13,15,18,23H,7,10,14,16-17,19-21H2,1-3H3,(H,31,33)/t23-/m0/s1. The molecule has 0 bridgehead atoms. The topological polar surface area (TPSA) is 107 Å². The van der Waals surface area contributed by atoms with Gasteiger partial charge >= 0.3 is 6.09 Å². The number of aromatic nitrogens is 5. The molecule has 10 nitrogen and oxygen atoms in total. The molecule has 5 rings (SSSR count). The molecule has 210 valence electrons. The summed E-state index contributed by atoms with van der Waals surface area (Å²) in [6.07, 6.45) is 8.45. The van der Waals surface area contributed by atoms with Gasteiger partial charge in [-0.1, -0.05) is 50.0 Å². The van der Waals surface area contributed by atoms with Crippen molar-refractivity contribution in [1.29, 1.82) is 0 Å². The lowest BCUT2D eigenvalue weighted by molar-refractivity contribution is 0.0874. The zero-order valence-corrected chi connectivity index (χ0v) is 24.4. The Morgan fingerprint density at radius 1 is 1.10 bits per heavy atom. The van der Waals surface area contributed by atoms with Gasteiger partial charge in [-0.05, 0) is 30.5 Å². The van der Waals surface area contributed by atoms with Crippen molar-refractivity contribution in [3.05, 3.63) is 66.7 Å². The highest BCUT2D eigenvalue weighted by molar-refractivity contribution is 6.76. The molecule has 1 amide bonds. The van der Waals surface area contributed by atoms with Gasteiger partial charge in [-0.2, -0.15) is 0 Å². The van der Waals surface area contributed by atoms with E-state index in [9.17, 15) is 4.79 Å². The Morgan fingerprint density at radius 3 is 2.75 bits per heavy atom. The predicted octanol–water partition coefficient (Wildman–Crippen LogP) is 5.41. The molecule has 0 aliphatic carbocycles. The molecule has 1 saturated heterocycles. The lowest BCUT2D eigenvalue weighted by atomic mass is 10.1. The normalized spacial score (nSPS) is 15.8. The largest absolute Gasteiger partial charge is 0.445 e. The Hall–Kier alpha value is -3.83. The number of hydrogen-bond donors (Lipinski definition) is 1. The molecule has 1 aliphatic heterocycles. The van der Waals surface area contributed by atoms with Crippen LogP contribution in [-0.2, 0) is 22.8 Å². The van der Waals surface area contributed by atoms with Crippen LogP contribution >= 0.6 is 0 Å². The van der Waals surface area contributed by atoms with Gasteiger partial charge in [0, 0.05) is 52.4 Å². The van der Waals surface area contributed by atoms with Gasteiger partial charge in [-0.3, -0.25) is 0 Å². The predicted molar refractivity (Wildman–Crippen MR) is 158 cm³/mol. The van der Waals surface area contributed by atoms with E-state index in [1.807, 2.05) is 47.2 Å². The van der Waals surface area contributed by atoms with E-state index in [0.717, 1.165) is 42.2 Å². The number of piperidine rings is 1. The highest BCUT2D eigenvalue weighted by Crippen LogP contribution is 2.25. The second-order valence-corrected chi connectivity index (χ2v) is 16.9. The first-order chi connectivity index (χ1) is 19.4. The van der Waals surface area contributed by atoms with Crippen molar-refractivity contribution in [2.75, 3.05) is 25.0 Å². The van der Waals surface area contributed by atoms with Gasteiger partial charge in [0.15, 0.2) is 11.5 Å². The lowest BCUT2D eigenvalue weighted by Crippen LogP contribution is -2.45. The van der Waals surface area contributed by atoms with Crippen LogP contribution in [0, 0.1) is 0 Å². The Bertz CT molecular complexity index is 1420. The van der Waals surface area contributed by atoms with E-state index in [1.54, 1.807) is 23.5 Å². The van der Waals surface area contributed by atoms with Gasteiger partial charge in [-0.25, -0.2) is 24.7 Å². The molecule has 0 unspecified atom stereocenters. The fraction of sp³-hybridized carbons (Fsp3) is 0.414. The maximum Gasteiger partial charge on any atom is 0.410 e. The highest BCUT2D eigenvalue weighted by atomic mass is 28.3. The maximum absolute atomic E-state index is 12.7. The van der Waals surface area contributed by atoms with Crippen LogP contribution in [0.1, 0.15) is 18.4 Å². The maximum atomic E-state index is 12.7. The Kier molecular flexibility index (Phi) is 8.71. The Labute approximate surface area is 235 Å². The summed E-state index contributed by atoms with van der Waals surface area (Å²) in [7, 11) is -1.13. The van der Waals surface area contributed by atoms with Gasteiger partial charge in [0.1, 0.15) is 30.2 Å². The van der Waals surface area contributed by atoms with Crippen molar-refractivity contribution in [3.63, 3.8) is 0 Å². The number of carbonyl (C=O) groups is 1. The smallest absolute Gasteiger partial charge is 0.410 e. The second-order valence-electron chi connectivity index (χ2n) is 11.3. The third-order valence-corrected chi connectivity index (χ3v) is 8.56. The number of amides is 1. The van der Waals surface area contributed by atoms with Gasteiger partial charge in [0.2, 0.25) is 0 Å². The summed E-state index contributed by atoms with van der Waals surface area (Å²) >= 11 is 0. The number of fused-ring (bicyclic) bond motifs is 1. The van der Waals surface area contributed by atoms with Crippen LogP contribution in [-0.4, -0.2) is 69.3 Å². The minimum Gasteiger partial charge on any atom is -0.445 e. The molecule has 1 atom stereocenters. The van der Waals surface area contributed by atoms with Crippen LogP contribution in [0.15, 0.2) is 61.2 Å². The monoisotopic (exact) mass is 559 g/mol. The lowest BCUT2D eigenvalue weighted by Gasteiger charge is -2.33. The first-order valence-corrected chi connectivity index (χ1v) is 17.5. The summed E-state index contributed by atoms with van der Waals surface area (Å²) < 4.78 is 13.4. The molecule has 1 fully saturated rings. The molecule has 1 N–H and O–H groups in total. The molecule has 0 radical (unpaired) electrons. The minimum atomic E-state index is -1.13. The molecule has 1 aliphatic rings. The van der Waals surface area contributed by atoms with E-state index in [2.05, 4.69) is 39.9 Å². The summed E-state index contributed by atoms with van der Waals surface area (Å²) in [6.45, 7) is 9.68. The average molecular weight is 560 g/mol. The van der Waals surface area contributed by atoms with E-state index in [0.29, 0.717) is 37.0 Å². The van der Waals surface area contributed by atoms with Crippen molar-refractivity contribution in [1.82, 2.24) is 29.4 Å². The molecule has 0 spiro atoms. The third-order valence-electron chi connectivity index (χ3n) is 6.86. The van der Waals surface area contributed by atoms with Crippen molar-refractivity contribution >= 4 is 31.1 Å². The zero-order valence-electron chi connectivity index (χ0n) is 23.4. The Morgan fingerprint density at radius 2 is 1.93 bits per heavy atom. The fourth-order valence-corrected chi connectivity index (χ4v) is 5.37. The molecule has 40 heavy (non-hydrogen) atoms. The zero-order chi connectivity index (χ0) is 28.0. The number of likely N-dealkylation sites (tertiary alicyclic amines) is 1. The minimum absolute atomic E-state index is 0.0135. The van der Waals surface area contributed by atoms with Crippen LogP contribution in [0.4, 0.5) is 10.6 Å². The van der Waals surface area contributed by atoms with Gasteiger partial charge < -0.3 is 24.3 Å². The van der Waals surface area contributed by atoms with Crippen LogP contribution in [0.25, 0.3) is 22.6 Å². The molecular formula is C29H37N7O3Si. The third kappa shape index (κ3) is 7.22. The molecule has 1 aromatic carbocycles. The highest BCUT2D eigenvalue weighted by Gasteiger charge is 2.26. The number of nitrogens with one attached hydrogen (secondary N) is 1. The summed E-state index contributed by atoms with van der Waals surface area (Å²) in [5.41, 5.74) is 3.77. The van der Waals surface area contributed by atoms with E-state index >= 15 is 0 Å². The number of rotatable bonds is 10. The summed E-state index contributed by atoms with van der Waals surface area (Å²) in [5.74, 6) is 0.620. The number of anilines is 1. The molecule has 4 heterocycles. The molecule has 4 aromatic rings. The summed E-state index contributed by atoms with van der Waals surface area (Å²) in [5, 5.41) is 3.49.